The van der Waals surface area contributed by atoms with Crippen molar-refractivity contribution in [1.29, 1.82) is 0 Å². The van der Waals surface area contributed by atoms with Crippen LogP contribution in [0.3, 0.4) is 0 Å². The number of para-hydroxylation sites is 1. The van der Waals surface area contributed by atoms with Gasteiger partial charge in [0.2, 0.25) is 0 Å². The normalized spacial score (nSPS) is 23.8. The van der Waals surface area contributed by atoms with Gasteiger partial charge in [-0.05, 0) is 22.0 Å². The third kappa shape index (κ3) is 2.21. The summed E-state index contributed by atoms with van der Waals surface area (Å²) in [7, 11) is 0. The summed E-state index contributed by atoms with van der Waals surface area (Å²) in [6.45, 7) is 1.99. The van der Waals surface area contributed by atoms with Crippen LogP contribution in [0.15, 0.2) is 34.9 Å². The zero-order valence-corrected chi connectivity index (χ0v) is 14.2. The smallest absolute Gasteiger partial charge is 0.0715 e. The SMILES string of the molecule is Brc1c(N2C[C@@H](Br)[C@H](Br)C2)cnc2ccccc12. The topological polar surface area (TPSA) is 16.1 Å². The number of rotatable bonds is 1. The number of halogens is 3. The Morgan fingerprint density at radius 2 is 1.78 bits per heavy atom. The number of pyridine rings is 1. The van der Waals surface area contributed by atoms with Crippen LogP contribution in [-0.4, -0.2) is 27.7 Å². The molecule has 2 nitrogen and oxygen atoms in total. The van der Waals surface area contributed by atoms with Crippen LogP contribution in [0.2, 0.25) is 0 Å². The molecule has 2 aromatic rings. The minimum atomic E-state index is 0.482. The molecule has 0 spiro atoms. The van der Waals surface area contributed by atoms with Gasteiger partial charge in [0, 0.05) is 28.1 Å². The molecule has 2 atom stereocenters. The van der Waals surface area contributed by atoms with E-state index in [1.807, 2.05) is 24.4 Å². The standard InChI is InChI=1S/C13H11Br3N2/c14-9-6-18(7-10(9)15)12-5-17-11-4-2-1-3-8(11)13(12)16/h1-5,9-10H,6-7H2/t9-,10-/m1/s1. The third-order valence-electron chi connectivity index (χ3n) is 3.21. The maximum atomic E-state index is 4.53. The number of hydrogen-bond donors (Lipinski definition) is 0. The Morgan fingerprint density at radius 1 is 1.11 bits per heavy atom. The van der Waals surface area contributed by atoms with Gasteiger partial charge in [-0.1, -0.05) is 50.1 Å². The molecule has 94 valence electrons. The molecule has 3 rings (SSSR count). The van der Waals surface area contributed by atoms with Crippen LogP contribution in [0.5, 0.6) is 0 Å². The van der Waals surface area contributed by atoms with Gasteiger partial charge in [0.15, 0.2) is 0 Å². The van der Waals surface area contributed by atoms with Crippen molar-refractivity contribution < 1.29 is 0 Å². The van der Waals surface area contributed by atoms with Crippen LogP contribution < -0.4 is 4.90 Å². The van der Waals surface area contributed by atoms with Crippen molar-refractivity contribution in [3.05, 3.63) is 34.9 Å². The number of benzene rings is 1. The largest absolute Gasteiger partial charge is 0.367 e. The monoisotopic (exact) mass is 432 g/mol. The maximum absolute atomic E-state index is 4.53. The molecule has 0 saturated carbocycles. The van der Waals surface area contributed by atoms with Crippen molar-refractivity contribution in [3.63, 3.8) is 0 Å². The first kappa shape index (κ1) is 12.9. The highest BCUT2D eigenvalue weighted by molar-refractivity contribution is 9.12. The second-order valence-corrected chi connectivity index (χ2v) is 7.56. The van der Waals surface area contributed by atoms with Crippen LogP contribution in [0, 0.1) is 0 Å². The first-order chi connectivity index (χ1) is 8.66. The number of anilines is 1. The van der Waals surface area contributed by atoms with Crippen molar-refractivity contribution in [2.45, 2.75) is 9.65 Å². The Balaban J connectivity index is 2.05. The van der Waals surface area contributed by atoms with Gasteiger partial charge >= 0.3 is 0 Å². The average Bonchev–Trinajstić information content (AvgIpc) is 2.70. The van der Waals surface area contributed by atoms with Crippen LogP contribution >= 0.6 is 47.8 Å². The van der Waals surface area contributed by atoms with Gasteiger partial charge in [0.05, 0.1) is 21.9 Å². The molecular weight excluding hydrogens is 424 g/mol. The molecule has 18 heavy (non-hydrogen) atoms. The lowest BCUT2D eigenvalue weighted by Crippen LogP contribution is -2.20. The fourth-order valence-electron chi connectivity index (χ4n) is 2.24. The van der Waals surface area contributed by atoms with Crippen LogP contribution in [0.1, 0.15) is 0 Å². The number of alkyl halides is 2. The second-order valence-electron chi connectivity index (χ2n) is 4.41. The van der Waals surface area contributed by atoms with Crippen LogP contribution in [0.4, 0.5) is 5.69 Å². The zero-order chi connectivity index (χ0) is 12.7. The van der Waals surface area contributed by atoms with Crippen LogP contribution in [-0.2, 0) is 0 Å². The molecule has 0 bridgehead atoms. The van der Waals surface area contributed by atoms with E-state index in [1.54, 1.807) is 0 Å². The van der Waals surface area contributed by atoms with Crippen molar-refractivity contribution >= 4 is 64.4 Å². The first-order valence-corrected chi connectivity index (χ1v) is 8.35. The highest BCUT2D eigenvalue weighted by atomic mass is 79.9. The molecule has 0 unspecified atom stereocenters. The molecule has 1 aromatic carbocycles. The molecule has 0 radical (unpaired) electrons. The predicted molar refractivity (Wildman–Crippen MR) is 87.1 cm³/mol. The molecule has 1 aliphatic heterocycles. The summed E-state index contributed by atoms with van der Waals surface area (Å²) in [4.78, 5) is 7.85. The Bertz CT molecular complexity index is 577. The van der Waals surface area contributed by atoms with Gasteiger partial charge in [0.25, 0.3) is 0 Å². The van der Waals surface area contributed by atoms with Gasteiger partial charge in [-0.3, -0.25) is 4.98 Å². The summed E-state index contributed by atoms with van der Waals surface area (Å²) in [5, 5.41) is 1.17. The molecule has 1 saturated heterocycles. The van der Waals surface area contributed by atoms with E-state index in [2.05, 4.69) is 63.7 Å². The Hall–Kier alpha value is -0.130. The van der Waals surface area contributed by atoms with Crippen molar-refractivity contribution in [2.75, 3.05) is 18.0 Å². The van der Waals surface area contributed by atoms with Crippen LogP contribution in [0.25, 0.3) is 10.9 Å². The number of aromatic nitrogens is 1. The number of fused-ring (bicyclic) bond motifs is 1. The number of nitrogens with zero attached hydrogens (tertiary/aromatic N) is 2. The highest BCUT2D eigenvalue weighted by Gasteiger charge is 2.30. The molecular formula is C13H11Br3N2. The summed E-state index contributed by atoms with van der Waals surface area (Å²) in [6.07, 6.45) is 1.96. The summed E-state index contributed by atoms with van der Waals surface area (Å²) >= 11 is 11.1. The predicted octanol–water partition coefficient (Wildman–Crippen LogP) is 4.34. The second kappa shape index (κ2) is 5.10. The van der Waals surface area contributed by atoms with Gasteiger partial charge in [0.1, 0.15) is 0 Å². The summed E-state index contributed by atoms with van der Waals surface area (Å²) in [5.41, 5.74) is 2.19. The number of hydrogen-bond acceptors (Lipinski definition) is 2. The average molecular weight is 435 g/mol. The van der Waals surface area contributed by atoms with Gasteiger partial charge in [-0.15, -0.1) is 0 Å². The summed E-state index contributed by atoms with van der Waals surface area (Å²) < 4.78 is 1.13. The van der Waals surface area contributed by atoms with Crippen molar-refractivity contribution in [1.82, 2.24) is 4.98 Å². The summed E-state index contributed by atoms with van der Waals surface area (Å²) in [6, 6.07) is 8.20. The molecule has 1 aromatic heterocycles. The highest BCUT2D eigenvalue weighted by Crippen LogP contribution is 2.36. The molecule has 0 amide bonds. The summed E-state index contributed by atoms with van der Waals surface area (Å²) in [5.74, 6) is 0. The minimum Gasteiger partial charge on any atom is -0.367 e. The van der Waals surface area contributed by atoms with E-state index in [-0.39, 0.29) is 0 Å². The quantitative estimate of drug-likeness (QED) is 0.620. The zero-order valence-electron chi connectivity index (χ0n) is 9.48. The van der Waals surface area contributed by atoms with E-state index in [9.17, 15) is 0 Å². The molecule has 5 heteroatoms. The molecule has 2 heterocycles. The van der Waals surface area contributed by atoms with Gasteiger partial charge in [-0.2, -0.15) is 0 Å². The fraction of sp³-hybridized carbons (Fsp3) is 0.308. The molecule has 0 N–H and O–H groups in total. The van der Waals surface area contributed by atoms with Gasteiger partial charge < -0.3 is 4.90 Å². The molecule has 1 aliphatic rings. The lowest BCUT2D eigenvalue weighted by atomic mass is 10.2. The van der Waals surface area contributed by atoms with E-state index < -0.39 is 0 Å². The third-order valence-corrected chi connectivity index (χ3v) is 6.61. The van der Waals surface area contributed by atoms with Crippen molar-refractivity contribution in [2.24, 2.45) is 0 Å². The Morgan fingerprint density at radius 3 is 2.50 bits per heavy atom. The first-order valence-electron chi connectivity index (χ1n) is 5.73. The Kier molecular flexibility index (Phi) is 3.65. The van der Waals surface area contributed by atoms with Gasteiger partial charge in [-0.25, -0.2) is 0 Å². The molecule has 1 fully saturated rings. The van der Waals surface area contributed by atoms with E-state index in [1.165, 1.54) is 11.1 Å². The van der Waals surface area contributed by atoms with E-state index >= 15 is 0 Å². The van der Waals surface area contributed by atoms with E-state index in [0.717, 1.165) is 23.1 Å². The lowest BCUT2D eigenvalue weighted by molar-refractivity contribution is 0.968. The molecule has 0 aliphatic carbocycles. The fourth-order valence-corrected chi connectivity index (χ4v) is 3.96. The minimum absolute atomic E-state index is 0.482. The Labute approximate surface area is 131 Å². The van der Waals surface area contributed by atoms with Crippen molar-refractivity contribution in [3.8, 4) is 0 Å². The van der Waals surface area contributed by atoms with E-state index in [0.29, 0.717) is 9.65 Å². The maximum Gasteiger partial charge on any atom is 0.0715 e. The lowest BCUT2D eigenvalue weighted by Gasteiger charge is -2.20. The van der Waals surface area contributed by atoms with E-state index in [4.69, 9.17) is 0 Å².